The van der Waals surface area contributed by atoms with Gasteiger partial charge >= 0.3 is 5.97 Å². The van der Waals surface area contributed by atoms with Crippen LogP contribution < -0.4 is 19.5 Å². The summed E-state index contributed by atoms with van der Waals surface area (Å²) in [6.07, 6.45) is 0. The fraction of sp³-hybridized carbons (Fsp3) is 0.0909. The van der Waals surface area contributed by atoms with Crippen molar-refractivity contribution in [1.82, 2.24) is 0 Å². The lowest BCUT2D eigenvalue weighted by Crippen LogP contribution is -2.17. The molecule has 0 spiro atoms. The van der Waals surface area contributed by atoms with E-state index in [0.29, 0.717) is 17.0 Å². The van der Waals surface area contributed by atoms with Crippen molar-refractivity contribution in [1.29, 1.82) is 0 Å². The molecule has 7 heteroatoms. The molecule has 0 aliphatic heterocycles. The van der Waals surface area contributed by atoms with Crippen molar-refractivity contribution in [3.63, 3.8) is 0 Å². The molecule has 3 rings (SSSR count). The number of hydrogen-bond donors (Lipinski definition) is 1. The lowest BCUT2D eigenvalue weighted by atomic mass is 10.2. The highest BCUT2D eigenvalue weighted by Gasteiger charge is 2.12. The Balaban J connectivity index is 1.54. The van der Waals surface area contributed by atoms with E-state index in [2.05, 4.69) is 5.32 Å². The minimum Gasteiger partial charge on any atom is -0.496 e. The summed E-state index contributed by atoms with van der Waals surface area (Å²) in [5.41, 5.74) is 0.928. The van der Waals surface area contributed by atoms with E-state index in [1.54, 1.807) is 36.4 Å². The van der Waals surface area contributed by atoms with Crippen molar-refractivity contribution in [2.24, 2.45) is 0 Å². The first-order chi connectivity index (χ1) is 14.0. The first kappa shape index (κ1) is 19.9. The maximum Gasteiger partial charge on any atom is 0.349 e. The highest BCUT2D eigenvalue weighted by atomic mass is 19.1. The molecule has 6 nitrogen and oxygen atoms in total. The largest absolute Gasteiger partial charge is 0.496 e. The van der Waals surface area contributed by atoms with Crippen LogP contribution in [0, 0.1) is 5.82 Å². The summed E-state index contributed by atoms with van der Waals surface area (Å²) in [6.45, 7) is -0.365. The number of anilines is 1. The van der Waals surface area contributed by atoms with E-state index in [0.717, 1.165) is 0 Å². The summed E-state index contributed by atoms with van der Waals surface area (Å²) < 4.78 is 28.6. The van der Waals surface area contributed by atoms with E-state index in [-0.39, 0.29) is 24.0 Å². The molecule has 1 N–H and O–H groups in total. The number of carbonyl (C=O) groups excluding carboxylic acids is 2. The van der Waals surface area contributed by atoms with Gasteiger partial charge in [-0.05, 0) is 48.5 Å². The lowest BCUT2D eigenvalue weighted by molar-refractivity contribution is -0.136. The van der Waals surface area contributed by atoms with Gasteiger partial charge in [0.2, 0.25) is 0 Å². The van der Waals surface area contributed by atoms with Crippen molar-refractivity contribution in [3.05, 3.63) is 84.2 Å². The van der Waals surface area contributed by atoms with Crippen molar-refractivity contribution in [2.45, 2.75) is 0 Å². The second-order valence-corrected chi connectivity index (χ2v) is 5.90. The fourth-order valence-electron chi connectivity index (χ4n) is 2.50. The molecule has 0 radical (unpaired) electrons. The summed E-state index contributed by atoms with van der Waals surface area (Å²) in [7, 11) is 1.49. The number of ether oxygens (including phenoxy) is 3. The number of halogens is 1. The number of benzene rings is 3. The van der Waals surface area contributed by atoms with Crippen molar-refractivity contribution < 1.29 is 28.2 Å². The third-order valence-corrected chi connectivity index (χ3v) is 3.85. The maximum atomic E-state index is 13.1. The first-order valence-electron chi connectivity index (χ1n) is 8.68. The molecule has 0 aliphatic carbocycles. The predicted molar refractivity (Wildman–Crippen MR) is 105 cm³/mol. The average molecular weight is 395 g/mol. The number of para-hydroxylation sites is 1. The average Bonchev–Trinajstić information content (AvgIpc) is 2.73. The molecule has 148 valence electrons. The lowest BCUT2D eigenvalue weighted by Gasteiger charge is -2.10. The van der Waals surface area contributed by atoms with Crippen LogP contribution in [0.25, 0.3) is 0 Å². The van der Waals surface area contributed by atoms with E-state index in [4.69, 9.17) is 14.2 Å². The number of hydrogen-bond acceptors (Lipinski definition) is 5. The van der Waals surface area contributed by atoms with Crippen LogP contribution in [0.5, 0.6) is 17.2 Å². The molecule has 0 aliphatic rings. The Morgan fingerprint density at radius 2 is 1.69 bits per heavy atom. The van der Waals surface area contributed by atoms with E-state index in [1.807, 2.05) is 0 Å². The molecule has 0 saturated carbocycles. The van der Waals surface area contributed by atoms with Crippen LogP contribution in [-0.4, -0.2) is 25.6 Å². The van der Waals surface area contributed by atoms with Crippen LogP contribution in [0.1, 0.15) is 10.4 Å². The van der Waals surface area contributed by atoms with E-state index in [9.17, 15) is 14.0 Å². The van der Waals surface area contributed by atoms with Gasteiger partial charge in [0.05, 0.1) is 12.7 Å². The molecule has 1 amide bonds. The molecule has 0 unspecified atom stereocenters. The normalized spacial score (nSPS) is 10.1. The van der Waals surface area contributed by atoms with Crippen LogP contribution >= 0.6 is 0 Å². The Morgan fingerprint density at radius 1 is 0.931 bits per heavy atom. The Bertz CT molecular complexity index is 1000. The Hall–Kier alpha value is -3.87. The van der Waals surface area contributed by atoms with Gasteiger partial charge in [-0.3, -0.25) is 4.79 Å². The Labute approximate surface area is 166 Å². The minimum absolute atomic E-state index is 0.233. The highest BCUT2D eigenvalue weighted by Crippen LogP contribution is 2.21. The fourth-order valence-corrected chi connectivity index (χ4v) is 2.50. The molecular formula is C22H18FNO5. The zero-order chi connectivity index (χ0) is 20.6. The predicted octanol–water partition coefficient (Wildman–Crippen LogP) is 4.07. The smallest absolute Gasteiger partial charge is 0.349 e. The second-order valence-electron chi connectivity index (χ2n) is 5.90. The van der Waals surface area contributed by atoms with Crippen LogP contribution in [0.4, 0.5) is 10.1 Å². The SMILES string of the molecule is COc1ccccc1C(=O)Nc1ccc(OC(=O)COc2cccc(F)c2)cc1. The van der Waals surface area contributed by atoms with Gasteiger partial charge in [-0.25, -0.2) is 9.18 Å². The zero-order valence-electron chi connectivity index (χ0n) is 15.6. The minimum atomic E-state index is -0.639. The van der Waals surface area contributed by atoms with Crippen molar-refractivity contribution in [2.75, 3.05) is 19.0 Å². The standard InChI is InChI=1S/C22H18FNO5/c1-27-20-8-3-2-7-19(20)22(26)24-16-9-11-17(12-10-16)29-21(25)14-28-18-6-4-5-15(23)13-18/h2-13H,14H2,1H3,(H,24,26). The monoisotopic (exact) mass is 395 g/mol. The number of methoxy groups -OCH3 is 1. The summed E-state index contributed by atoms with van der Waals surface area (Å²) >= 11 is 0. The summed E-state index contributed by atoms with van der Waals surface area (Å²) in [5, 5.41) is 2.75. The molecular weight excluding hydrogens is 377 g/mol. The second kappa shape index (κ2) is 9.36. The van der Waals surface area contributed by atoms with Gasteiger partial charge < -0.3 is 19.5 Å². The van der Waals surface area contributed by atoms with Gasteiger partial charge in [-0.1, -0.05) is 18.2 Å². The summed E-state index contributed by atoms with van der Waals surface area (Å²) in [5.74, 6) is -0.435. The quantitative estimate of drug-likeness (QED) is 0.482. The number of amides is 1. The number of nitrogens with one attached hydrogen (secondary N) is 1. The molecule has 0 atom stereocenters. The van der Waals surface area contributed by atoms with Crippen LogP contribution in [-0.2, 0) is 4.79 Å². The summed E-state index contributed by atoms with van der Waals surface area (Å²) in [4.78, 5) is 24.2. The van der Waals surface area contributed by atoms with E-state index < -0.39 is 11.8 Å². The topological polar surface area (TPSA) is 73.9 Å². The van der Waals surface area contributed by atoms with Crippen LogP contribution in [0.15, 0.2) is 72.8 Å². The molecule has 0 aromatic heterocycles. The van der Waals surface area contributed by atoms with Crippen molar-refractivity contribution in [3.8, 4) is 17.2 Å². The maximum absolute atomic E-state index is 13.1. The van der Waals surface area contributed by atoms with Gasteiger partial charge in [-0.15, -0.1) is 0 Å². The van der Waals surface area contributed by atoms with Crippen LogP contribution in [0.2, 0.25) is 0 Å². The van der Waals surface area contributed by atoms with Gasteiger partial charge in [0.25, 0.3) is 5.91 Å². The number of rotatable bonds is 7. The highest BCUT2D eigenvalue weighted by molar-refractivity contribution is 6.06. The van der Waals surface area contributed by atoms with Gasteiger partial charge in [0.1, 0.15) is 23.1 Å². The van der Waals surface area contributed by atoms with Gasteiger partial charge in [0.15, 0.2) is 6.61 Å². The van der Waals surface area contributed by atoms with Crippen LogP contribution in [0.3, 0.4) is 0 Å². The first-order valence-corrected chi connectivity index (χ1v) is 8.68. The molecule has 0 fully saturated rings. The molecule has 3 aromatic rings. The molecule has 0 saturated heterocycles. The van der Waals surface area contributed by atoms with Crippen molar-refractivity contribution >= 4 is 17.6 Å². The number of esters is 1. The summed E-state index contributed by atoms with van der Waals surface area (Å²) in [6, 6.07) is 18.6. The molecule has 0 heterocycles. The van der Waals surface area contributed by atoms with Gasteiger partial charge in [-0.2, -0.15) is 0 Å². The Morgan fingerprint density at radius 3 is 2.41 bits per heavy atom. The van der Waals surface area contributed by atoms with E-state index in [1.165, 1.54) is 43.5 Å². The number of carbonyl (C=O) groups is 2. The molecule has 0 bridgehead atoms. The van der Waals surface area contributed by atoms with E-state index >= 15 is 0 Å². The Kier molecular flexibility index (Phi) is 6.42. The third-order valence-electron chi connectivity index (χ3n) is 3.85. The zero-order valence-corrected chi connectivity index (χ0v) is 15.6. The molecule has 3 aromatic carbocycles. The molecule has 29 heavy (non-hydrogen) atoms. The van der Waals surface area contributed by atoms with Gasteiger partial charge in [0, 0.05) is 11.8 Å². The third kappa shape index (κ3) is 5.55.